The highest BCUT2D eigenvalue weighted by Gasteiger charge is 2.13. The molecule has 0 saturated carbocycles. The molecule has 0 aliphatic carbocycles. The van der Waals surface area contributed by atoms with E-state index in [9.17, 15) is 4.79 Å². The molecule has 3 aromatic rings. The fourth-order valence-electron chi connectivity index (χ4n) is 2.75. The van der Waals surface area contributed by atoms with Crippen LogP contribution in [0.1, 0.15) is 18.1 Å². The summed E-state index contributed by atoms with van der Waals surface area (Å²) in [4.78, 5) is 12.9. The van der Waals surface area contributed by atoms with E-state index < -0.39 is 0 Å². The molecule has 0 fully saturated rings. The molecule has 3 rings (SSSR count). The molecule has 0 saturated heterocycles. The predicted molar refractivity (Wildman–Crippen MR) is 104 cm³/mol. The molecular formula is C20H19ClN2O3. The Bertz CT molecular complexity index is 1010. The number of nitrogens with zero attached hydrogens (tertiary/aromatic N) is 2. The van der Waals surface area contributed by atoms with Crippen molar-refractivity contribution in [2.45, 2.75) is 13.5 Å². The SMILES string of the molecule is C=C(OCC)c1cc(Cl)cc2c(=O)n(Cc3ccc(OC)cc3)ncc12. The molecule has 0 N–H and O–H groups in total. The Morgan fingerprint density at radius 1 is 1.23 bits per heavy atom. The Morgan fingerprint density at radius 3 is 2.62 bits per heavy atom. The fraction of sp³-hybridized carbons (Fsp3) is 0.200. The van der Waals surface area contributed by atoms with Gasteiger partial charge in [-0.3, -0.25) is 4.79 Å². The first-order chi connectivity index (χ1) is 12.5. The third-order valence-electron chi connectivity index (χ3n) is 4.05. The Labute approximate surface area is 156 Å². The Kier molecular flexibility index (Phi) is 5.28. The van der Waals surface area contributed by atoms with Gasteiger partial charge in [-0.25, -0.2) is 4.68 Å². The molecule has 134 valence electrons. The molecule has 0 bridgehead atoms. The number of rotatable bonds is 6. The first-order valence-electron chi connectivity index (χ1n) is 8.18. The van der Waals surface area contributed by atoms with Crippen molar-refractivity contribution in [3.8, 4) is 5.75 Å². The van der Waals surface area contributed by atoms with Gasteiger partial charge >= 0.3 is 0 Å². The molecule has 6 heteroatoms. The van der Waals surface area contributed by atoms with Gasteiger partial charge in [0.15, 0.2) is 0 Å². The highest BCUT2D eigenvalue weighted by atomic mass is 35.5. The molecule has 2 aromatic carbocycles. The monoisotopic (exact) mass is 370 g/mol. The standard InChI is InChI=1S/C20H19ClN2O3/c1-4-26-13(2)17-9-15(21)10-18-19(17)11-22-23(20(18)24)12-14-5-7-16(25-3)8-6-14/h5-11H,2,4,12H2,1,3H3. The van der Waals surface area contributed by atoms with E-state index in [0.717, 1.165) is 11.3 Å². The summed E-state index contributed by atoms with van der Waals surface area (Å²) in [5.74, 6) is 1.23. The Hall–Kier alpha value is -2.79. The molecule has 1 aromatic heterocycles. The lowest BCUT2D eigenvalue weighted by Gasteiger charge is -2.12. The lowest BCUT2D eigenvalue weighted by atomic mass is 10.1. The number of hydrogen-bond donors (Lipinski definition) is 0. The molecule has 0 spiro atoms. The summed E-state index contributed by atoms with van der Waals surface area (Å²) in [5.41, 5.74) is 1.41. The molecule has 0 unspecified atom stereocenters. The van der Waals surface area contributed by atoms with E-state index in [4.69, 9.17) is 21.1 Å². The van der Waals surface area contributed by atoms with Crippen LogP contribution in [-0.2, 0) is 11.3 Å². The molecule has 0 aliphatic heterocycles. The van der Waals surface area contributed by atoms with Crippen molar-refractivity contribution in [1.82, 2.24) is 9.78 Å². The van der Waals surface area contributed by atoms with Crippen molar-refractivity contribution in [2.24, 2.45) is 0 Å². The first-order valence-corrected chi connectivity index (χ1v) is 8.55. The van der Waals surface area contributed by atoms with Crippen molar-refractivity contribution < 1.29 is 9.47 Å². The molecule has 0 radical (unpaired) electrons. The minimum absolute atomic E-state index is 0.216. The minimum atomic E-state index is -0.216. The maximum Gasteiger partial charge on any atom is 0.275 e. The molecule has 5 nitrogen and oxygen atoms in total. The van der Waals surface area contributed by atoms with Gasteiger partial charge in [0.25, 0.3) is 5.56 Å². The Morgan fingerprint density at radius 2 is 1.96 bits per heavy atom. The molecule has 26 heavy (non-hydrogen) atoms. The quantitative estimate of drug-likeness (QED) is 0.612. The molecule has 0 aliphatic rings. The second-order valence-electron chi connectivity index (χ2n) is 5.73. The van der Waals surface area contributed by atoms with E-state index >= 15 is 0 Å². The highest BCUT2D eigenvalue weighted by molar-refractivity contribution is 6.31. The summed E-state index contributed by atoms with van der Waals surface area (Å²) >= 11 is 6.21. The van der Waals surface area contributed by atoms with Gasteiger partial charge in [-0.2, -0.15) is 5.10 Å². The summed E-state index contributed by atoms with van der Waals surface area (Å²) in [6, 6.07) is 10.9. The lowest BCUT2D eigenvalue weighted by molar-refractivity contribution is 0.299. The molecule has 1 heterocycles. The zero-order valence-electron chi connectivity index (χ0n) is 14.7. The van der Waals surface area contributed by atoms with Crippen LogP contribution in [-0.4, -0.2) is 23.5 Å². The predicted octanol–water partition coefficient (Wildman–Crippen LogP) is 4.11. The average molecular weight is 371 g/mol. The van der Waals surface area contributed by atoms with Crippen LogP contribution in [0, 0.1) is 0 Å². The average Bonchev–Trinajstić information content (AvgIpc) is 2.64. The summed E-state index contributed by atoms with van der Waals surface area (Å²) in [5, 5.41) is 5.92. The maximum atomic E-state index is 12.9. The van der Waals surface area contributed by atoms with Gasteiger partial charge in [-0.1, -0.05) is 30.3 Å². The van der Waals surface area contributed by atoms with Crippen LogP contribution in [0.3, 0.4) is 0 Å². The second kappa shape index (κ2) is 7.62. The van der Waals surface area contributed by atoms with Crippen molar-refractivity contribution in [1.29, 1.82) is 0 Å². The van der Waals surface area contributed by atoms with Crippen LogP contribution in [0.15, 0.2) is 54.0 Å². The minimum Gasteiger partial charge on any atom is -0.497 e. The number of benzene rings is 2. The second-order valence-corrected chi connectivity index (χ2v) is 6.16. The number of ether oxygens (including phenoxy) is 2. The number of aromatic nitrogens is 2. The number of halogens is 1. The summed E-state index contributed by atoms with van der Waals surface area (Å²) < 4.78 is 12.0. The third-order valence-corrected chi connectivity index (χ3v) is 4.26. The summed E-state index contributed by atoms with van der Waals surface area (Å²) in [6.45, 7) is 6.62. The van der Waals surface area contributed by atoms with Crippen LogP contribution in [0.5, 0.6) is 5.75 Å². The van der Waals surface area contributed by atoms with E-state index in [1.165, 1.54) is 4.68 Å². The van der Waals surface area contributed by atoms with Gasteiger partial charge in [0.1, 0.15) is 11.5 Å². The van der Waals surface area contributed by atoms with Gasteiger partial charge in [-0.05, 0) is 36.8 Å². The Balaban J connectivity index is 2.05. The van der Waals surface area contributed by atoms with Crippen LogP contribution in [0.25, 0.3) is 16.5 Å². The number of methoxy groups -OCH3 is 1. The third kappa shape index (κ3) is 3.58. The zero-order valence-corrected chi connectivity index (χ0v) is 15.4. The van der Waals surface area contributed by atoms with Crippen LogP contribution >= 0.6 is 11.6 Å². The molecular weight excluding hydrogens is 352 g/mol. The van der Waals surface area contributed by atoms with Gasteiger partial charge in [0, 0.05) is 16.0 Å². The molecule has 0 amide bonds. The van der Waals surface area contributed by atoms with Gasteiger partial charge in [0.05, 0.1) is 31.8 Å². The first kappa shape index (κ1) is 18.0. The van der Waals surface area contributed by atoms with Gasteiger partial charge in [-0.15, -0.1) is 0 Å². The zero-order chi connectivity index (χ0) is 18.7. The lowest BCUT2D eigenvalue weighted by Crippen LogP contribution is -2.23. The van der Waals surface area contributed by atoms with Crippen molar-refractivity contribution in [3.05, 3.63) is 75.7 Å². The van der Waals surface area contributed by atoms with Crippen molar-refractivity contribution >= 4 is 28.1 Å². The number of hydrogen-bond acceptors (Lipinski definition) is 4. The van der Waals surface area contributed by atoms with E-state index in [1.807, 2.05) is 31.2 Å². The number of fused-ring (bicyclic) bond motifs is 1. The van der Waals surface area contributed by atoms with Crippen LogP contribution < -0.4 is 10.3 Å². The molecule has 0 atom stereocenters. The smallest absolute Gasteiger partial charge is 0.275 e. The van der Waals surface area contributed by atoms with Crippen molar-refractivity contribution in [3.63, 3.8) is 0 Å². The largest absolute Gasteiger partial charge is 0.497 e. The topological polar surface area (TPSA) is 53.4 Å². The van der Waals surface area contributed by atoms with Crippen LogP contribution in [0.4, 0.5) is 0 Å². The van der Waals surface area contributed by atoms with E-state index in [1.54, 1.807) is 25.4 Å². The maximum absolute atomic E-state index is 12.9. The highest BCUT2D eigenvalue weighted by Crippen LogP contribution is 2.27. The summed E-state index contributed by atoms with van der Waals surface area (Å²) in [7, 11) is 1.61. The normalized spacial score (nSPS) is 10.7. The van der Waals surface area contributed by atoms with E-state index in [-0.39, 0.29) is 5.56 Å². The van der Waals surface area contributed by atoms with Gasteiger partial charge in [0.2, 0.25) is 0 Å². The van der Waals surface area contributed by atoms with E-state index in [2.05, 4.69) is 11.7 Å². The van der Waals surface area contributed by atoms with Crippen LogP contribution in [0.2, 0.25) is 5.02 Å². The summed E-state index contributed by atoms with van der Waals surface area (Å²) in [6.07, 6.45) is 1.65. The van der Waals surface area contributed by atoms with E-state index in [0.29, 0.717) is 40.3 Å². The van der Waals surface area contributed by atoms with Gasteiger partial charge < -0.3 is 9.47 Å². The van der Waals surface area contributed by atoms with Crippen molar-refractivity contribution in [2.75, 3.05) is 13.7 Å². The fourth-order valence-corrected chi connectivity index (χ4v) is 2.97.